The quantitative estimate of drug-likeness (QED) is 0.463. The van der Waals surface area contributed by atoms with Crippen molar-refractivity contribution in [2.24, 2.45) is 0 Å². The number of pyridine rings is 1. The van der Waals surface area contributed by atoms with Gasteiger partial charge in [0.15, 0.2) is 6.10 Å². The van der Waals surface area contributed by atoms with E-state index in [0.717, 1.165) is 31.6 Å². The Bertz CT molecular complexity index is 969. The maximum Gasteiger partial charge on any atom is 0.319 e. The molecule has 1 fully saturated rings. The number of urea groups is 1. The molecule has 1 atom stereocenters. The number of nitrogens with one attached hydrogen (secondary N) is 3. The van der Waals surface area contributed by atoms with Gasteiger partial charge in [-0.25, -0.2) is 9.78 Å². The third-order valence-corrected chi connectivity index (χ3v) is 5.65. The molecule has 1 saturated heterocycles. The molecule has 0 saturated carbocycles. The van der Waals surface area contributed by atoms with E-state index in [1.165, 1.54) is 12.3 Å². The molecular formula is C23H29Cl2N5O3. The van der Waals surface area contributed by atoms with Crippen LogP contribution in [0.2, 0.25) is 10.0 Å². The zero-order chi connectivity index (χ0) is 23.8. The van der Waals surface area contributed by atoms with Crippen LogP contribution in [0.5, 0.6) is 5.88 Å². The molecule has 1 aromatic carbocycles. The van der Waals surface area contributed by atoms with E-state index >= 15 is 0 Å². The summed E-state index contributed by atoms with van der Waals surface area (Å²) in [6.07, 6.45) is 2.20. The number of benzene rings is 1. The van der Waals surface area contributed by atoms with E-state index in [1.807, 2.05) is 25.1 Å². The van der Waals surface area contributed by atoms with Crippen LogP contribution in [-0.4, -0.2) is 53.6 Å². The van der Waals surface area contributed by atoms with E-state index in [9.17, 15) is 9.59 Å². The summed E-state index contributed by atoms with van der Waals surface area (Å²) in [5.74, 6) is -0.132. The number of hydrogen-bond donors (Lipinski definition) is 3. The van der Waals surface area contributed by atoms with Crippen LogP contribution in [0.1, 0.15) is 32.3 Å². The minimum atomic E-state index is -0.752. The topological polar surface area (TPSA) is 95.6 Å². The lowest BCUT2D eigenvalue weighted by molar-refractivity contribution is -0.128. The highest BCUT2D eigenvalue weighted by molar-refractivity contribution is 6.35. The number of carbonyl (C=O) groups excluding carboxylic acids is 2. The lowest BCUT2D eigenvalue weighted by Crippen LogP contribution is -2.59. The average molecular weight is 494 g/mol. The van der Waals surface area contributed by atoms with Crippen LogP contribution in [0, 0.1) is 0 Å². The number of ether oxygens (including phenoxy) is 1. The number of carbonyl (C=O) groups is 2. The minimum Gasteiger partial charge on any atom is -0.463 e. The van der Waals surface area contributed by atoms with Crippen LogP contribution >= 0.6 is 23.2 Å². The monoisotopic (exact) mass is 493 g/mol. The van der Waals surface area contributed by atoms with E-state index in [1.54, 1.807) is 6.07 Å². The van der Waals surface area contributed by atoms with Crippen molar-refractivity contribution in [3.63, 3.8) is 0 Å². The number of likely N-dealkylation sites (tertiary alicyclic amines) is 1. The normalized spacial score (nSPS) is 14.8. The minimum absolute atomic E-state index is 0.157. The summed E-state index contributed by atoms with van der Waals surface area (Å²) in [5, 5.41) is 9.31. The van der Waals surface area contributed by atoms with E-state index < -0.39 is 6.10 Å². The molecule has 33 heavy (non-hydrogen) atoms. The summed E-state index contributed by atoms with van der Waals surface area (Å²) in [5.41, 5.74) is 1.50. The zero-order valence-electron chi connectivity index (χ0n) is 18.7. The molecule has 10 heteroatoms. The van der Waals surface area contributed by atoms with Gasteiger partial charge in [-0.2, -0.15) is 0 Å². The molecule has 1 aliphatic rings. The van der Waals surface area contributed by atoms with Crippen molar-refractivity contribution in [3.8, 4) is 5.88 Å². The standard InChI is InChI=1S/C23H29Cl2N5O3/c1-3-8-30-13-18(14-30)29-23(32)28-17-7-5-6-15(9-17)11-26-21(31)20(4-2)33-22-19(25)10-16(24)12-27-22/h5-7,9-10,12,18,20H,3-4,8,11,13-14H2,1-2H3,(H,26,31)(H2,28,29,32). The van der Waals surface area contributed by atoms with Gasteiger partial charge in [-0.05, 0) is 43.1 Å². The molecule has 3 N–H and O–H groups in total. The van der Waals surface area contributed by atoms with Crippen molar-refractivity contribution in [2.45, 2.75) is 45.4 Å². The molecule has 178 valence electrons. The Kier molecular flexibility index (Phi) is 9.17. The van der Waals surface area contributed by atoms with Gasteiger partial charge >= 0.3 is 6.03 Å². The number of halogens is 2. The van der Waals surface area contributed by atoms with Crippen LogP contribution < -0.4 is 20.7 Å². The Morgan fingerprint density at radius 2 is 2.03 bits per heavy atom. The van der Waals surface area contributed by atoms with Gasteiger partial charge < -0.3 is 20.7 Å². The smallest absolute Gasteiger partial charge is 0.319 e. The molecule has 0 bridgehead atoms. The largest absolute Gasteiger partial charge is 0.463 e. The Labute approximate surface area is 204 Å². The van der Waals surface area contributed by atoms with Gasteiger partial charge in [0.2, 0.25) is 5.88 Å². The Morgan fingerprint density at radius 1 is 1.24 bits per heavy atom. The predicted octanol–water partition coefficient (Wildman–Crippen LogP) is 4.08. The Hall–Kier alpha value is -2.55. The molecule has 8 nitrogen and oxygen atoms in total. The number of hydrogen-bond acceptors (Lipinski definition) is 5. The lowest BCUT2D eigenvalue weighted by Gasteiger charge is -2.39. The number of aromatic nitrogens is 1. The summed E-state index contributed by atoms with van der Waals surface area (Å²) in [6, 6.07) is 8.78. The second kappa shape index (κ2) is 12.1. The first kappa shape index (κ1) is 25.1. The average Bonchev–Trinajstić information content (AvgIpc) is 2.76. The number of anilines is 1. The van der Waals surface area contributed by atoms with Crippen molar-refractivity contribution in [1.82, 2.24) is 20.5 Å². The van der Waals surface area contributed by atoms with Crippen molar-refractivity contribution < 1.29 is 14.3 Å². The van der Waals surface area contributed by atoms with Gasteiger partial charge in [0, 0.05) is 31.5 Å². The second-order valence-corrected chi connectivity index (χ2v) is 8.77. The highest BCUT2D eigenvalue weighted by Crippen LogP contribution is 2.26. The van der Waals surface area contributed by atoms with E-state index in [0.29, 0.717) is 17.1 Å². The molecule has 0 aliphatic carbocycles. The lowest BCUT2D eigenvalue weighted by atomic mass is 10.1. The summed E-state index contributed by atoms with van der Waals surface area (Å²) >= 11 is 11.9. The van der Waals surface area contributed by atoms with Crippen molar-refractivity contribution in [3.05, 3.63) is 52.1 Å². The van der Waals surface area contributed by atoms with Gasteiger partial charge in [-0.1, -0.05) is 49.2 Å². The molecule has 0 radical (unpaired) electrons. The third-order valence-electron chi connectivity index (χ3n) is 5.17. The maximum atomic E-state index is 12.6. The highest BCUT2D eigenvalue weighted by atomic mass is 35.5. The molecule has 2 heterocycles. The third kappa shape index (κ3) is 7.48. The molecule has 1 unspecified atom stereocenters. The van der Waals surface area contributed by atoms with Crippen LogP contribution in [0.3, 0.4) is 0 Å². The fourth-order valence-corrected chi connectivity index (χ4v) is 3.94. The second-order valence-electron chi connectivity index (χ2n) is 7.93. The molecule has 3 amide bonds. The Morgan fingerprint density at radius 3 is 2.73 bits per heavy atom. The van der Waals surface area contributed by atoms with Crippen LogP contribution in [-0.2, 0) is 11.3 Å². The van der Waals surface area contributed by atoms with Gasteiger partial charge in [-0.3, -0.25) is 9.69 Å². The van der Waals surface area contributed by atoms with Gasteiger partial charge in [0.1, 0.15) is 5.02 Å². The highest BCUT2D eigenvalue weighted by Gasteiger charge is 2.27. The number of rotatable bonds is 10. The maximum absolute atomic E-state index is 12.6. The molecule has 1 aliphatic heterocycles. The molecule has 1 aromatic heterocycles. The van der Waals surface area contributed by atoms with Crippen molar-refractivity contribution in [2.75, 3.05) is 25.0 Å². The molecule has 2 aromatic rings. The van der Waals surface area contributed by atoms with Gasteiger partial charge in [-0.15, -0.1) is 0 Å². The Balaban J connectivity index is 1.48. The van der Waals surface area contributed by atoms with Gasteiger partial charge in [0.05, 0.1) is 11.1 Å². The first-order chi connectivity index (χ1) is 15.9. The first-order valence-electron chi connectivity index (χ1n) is 11.0. The number of nitrogens with zero attached hydrogens (tertiary/aromatic N) is 2. The van der Waals surface area contributed by atoms with Crippen LogP contribution in [0.4, 0.5) is 10.5 Å². The van der Waals surface area contributed by atoms with E-state index in [4.69, 9.17) is 27.9 Å². The fourth-order valence-electron chi connectivity index (χ4n) is 3.52. The summed E-state index contributed by atoms with van der Waals surface area (Å²) in [4.78, 5) is 31.2. The SMILES string of the molecule is CCCN1CC(NC(=O)Nc2cccc(CNC(=O)C(CC)Oc3ncc(Cl)cc3Cl)c2)C1. The van der Waals surface area contributed by atoms with Crippen molar-refractivity contribution in [1.29, 1.82) is 0 Å². The molecule has 0 spiro atoms. The van der Waals surface area contributed by atoms with E-state index in [2.05, 4.69) is 32.8 Å². The summed E-state index contributed by atoms with van der Waals surface area (Å²) in [6.45, 7) is 7.08. The summed E-state index contributed by atoms with van der Waals surface area (Å²) in [7, 11) is 0. The number of amides is 3. The van der Waals surface area contributed by atoms with Crippen molar-refractivity contribution >= 4 is 40.8 Å². The first-order valence-corrected chi connectivity index (χ1v) is 11.8. The van der Waals surface area contributed by atoms with Crippen LogP contribution in [0.15, 0.2) is 36.5 Å². The van der Waals surface area contributed by atoms with Crippen LogP contribution in [0.25, 0.3) is 0 Å². The molecular weight excluding hydrogens is 465 g/mol. The summed E-state index contributed by atoms with van der Waals surface area (Å²) < 4.78 is 5.67. The van der Waals surface area contributed by atoms with E-state index in [-0.39, 0.29) is 35.4 Å². The fraction of sp³-hybridized carbons (Fsp3) is 0.435. The predicted molar refractivity (Wildman–Crippen MR) is 130 cm³/mol. The van der Waals surface area contributed by atoms with Gasteiger partial charge in [0.25, 0.3) is 5.91 Å². The molecule has 3 rings (SSSR count). The zero-order valence-corrected chi connectivity index (χ0v) is 20.2.